The average molecular weight is 263 g/mol. The van der Waals surface area contributed by atoms with Gasteiger partial charge in [0.25, 0.3) is 0 Å². The van der Waals surface area contributed by atoms with Crippen LogP contribution in [-0.2, 0) is 0 Å². The molecule has 106 valence electrons. The minimum absolute atomic E-state index is 0.0181. The maximum atomic E-state index is 6.24. The summed E-state index contributed by atoms with van der Waals surface area (Å²) in [4.78, 5) is 0. The van der Waals surface area contributed by atoms with Gasteiger partial charge in [0.2, 0.25) is 0 Å². The molecule has 1 aromatic carbocycles. The van der Waals surface area contributed by atoms with Crippen LogP contribution >= 0.6 is 0 Å². The van der Waals surface area contributed by atoms with Crippen LogP contribution in [0, 0.1) is 0 Å². The van der Waals surface area contributed by atoms with Gasteiger partial charge >= 0.3 is 0 Å². The van der Waals surface area contributed by atoms with Crippen LogP contribution in [0.15, 0.2) is 30.9 Å². The molecule has 0 saturated heterocycles. The number of rotatable bonds is 9. The number of nitrogens with two attached hydrogens (primary N) is 1. The van der Waals surface area contributed by atoms with Gasteiger partial charge in [-0.05, 0) is 25.3 Å². The zero-order chi connectivity index (χ0) is 14.1. The molecular formula is C16H25NO2. The molecule has 0 saturated carbocycles. The lowest BCUT2D eigenvalue weighted by Crippen LogP contribution is -2.11. The highest BCUT2D eigenvalue weighted by Gasteiger charge is 2.12. The van der Waals surface area contributed by atoms with Crippen molar-refractivity contribution >= 4 is 0 Å². The van der Waals surface area contributed by atoms with Crippen molar-refractivity contribution in [3.8, 4) is 11.5 Å². The summed E-state index contributed by atoms with van der Waals surface area (Å²) >= 11 is 0. The van der Waals surface area contributed by atoms with Crippen molar-refractivity contribution in [2.75, 3.05) is 14.2 Å². The molecule has 0 amide bonds. The molecule has 1 rings (SSSR count). The first-order chi connectivity index (χ1) is 9.22. The molecule has 0 bridgehead atoms. The summed E-state index contributed by atoms with van der Waals surface area (Å²) in [5.74, 6) is 1.59. The van der Waals surface area contributed by atoms with Crippen LogP contribution in [0.4, 0.5) is 0 Å². The van der Waals surface area contributed by atoms with E-state index in [0.29, 0.717) is 0 Å². The molecule has 0 aromatic heterocycles. The summed E-state index contributed by atoms with van der Waals surface area (Å²) in [5.41, 5.74) is 7.28. The fourth-order valence-corrected chi connectivity index (χ4v) is 2.11. The Hall–Kier alpha value is -1.48. The monoisotopic (exact) mass is 263 g/mol. The largest absolute Gasteiger partial charge is 0.497 e. The van der Waals surface area contributed by atoms with Gasteiger partial charge in [-0.25, -0.2) is 0 Å². The van der Waals surface area contributed by atoms with Crippen molar-refractivity contribution in [3.05, 3.63) is 36.4 Å². The molecule has 0 aliphatic heterocycles. The van der Waals surface area contributed by atoms with Crippen LogP contribution < -0.4 is 15.2 Å². The first-order valence-electron chi connectivity index (χ1n) is 6.81. The van der Waals surface area contributed by atoms with Gasteiger partial charge in [0, 0.05) is 17.7 Å². The van der Waals surface area contributed by atoms with Gasteiger partial charge in [-0.3, -0.25) is 0 Å². The second-order valence-electron chi connectivity index (χ2n) is 4.64. The highest BCUT2D eigenvalue weighted by molar-refractivity contribution is 5.42. The standard InChI is InChI=1S/C16H25NO2/c1-4-5-6-7-8-9-15(17)14-11-10-13(18-2)12-16(14)19-3/h4,10-12,15H,1,5-9,17H2,2-3H3. The molecular weight excluding hydrogens is 238 g/mol. The molecule has 2 N–H and O–H groups in total. The van der Waals surface area contributed by atoms with Crippen LogP contribution in [0.5, 0.6) is 11.5 Å². The zero-order valence-electron chi connectivity index (χ0n) is 12.0. The Labute approximate surface area is 116 Å². The Morgan fingerprint density at radius 2 is 2.00 bits per heavy atom. The lowest BCUT2D eigenvalue weighted by molar-refractivity contribution is 0.387. The van der Waals surface area contributed by atoms with Crippen molar-refractivity contribution in [1.82, 2.24) is 0 Å². The third kappa shape index (κ3) is 4.95. The number of unbranched alkanes of at least 4 members (excludes halogenated alkanes) is 3. The molecule has 1 aromatic rings. The maximum absolute atomic E-state index is 6.24. The molecule has 19 heavy (non-hydrogen) atoms. The van der Waals surface area contributed by atoms with E-state index in [2.05, 4.69) is 6.58 Å². The molecule has 1 atom stereocenters. The van der Waals surface area contributed by atoms with E-state index in [4.69, 9.17) is 15.2 Å². The van der Waals surface area contributed by atoms with Gasteiger partial charge in [-0.2, -0.15) is 0 Å². The Kier molecular flexibility index (Phi) is 7.04. The summed E-state index contributed by atoms with van der Waals surface area (Å²) in [5, 5.41) is 0. The first-order valence-corrected chi connectivity index (χ1v) is 6.81. The fourth-order valence-electron chi connectivity index (χ4n) is 2.11. The van der Waals surface area contributed by atoms with E-state index in [1.54, 1.807) is 14.2 Å². The molecule has 0 aliphatic carbocycles. The number of benzene rings is 1. The molecule has 0 radical (unpaired) electrons. The SMILES string of the molecule is C=CCCCCCC(N)c1ccc(OC)cc1OC. The van der Waals surface area contributed by atoms with E-state index < -0.39 is 0 Å². The van der Waals surface area contributed by atoms with Crippen LogP contribution in [0.1, 0.15) is 43.7 Å². The van der Waals surface area contributed by atoms with E-state index >= 15 is 0 Å². The van der Waals surface area contributed by atoms with Gasteiger partial charge in [-0.15, -0.1) is 6.58 Å². The van der Waals surface area contributed by atoms with E-state index in [1.165, 1.54) is 12.8 Å². The highest BCUT2D eigenvalue weighted by atomic mass is 16.5. The number of allylic oxidation sites excluding steroid dienone is 1. The summed E-state index contributed by atoms with van der Waals surface area (Å²) in [6.07, 6.45) is 7.53. The van der Waals surface area contributed by atoms with Gasteiger partial charge in [0.1, 0.15) is 11.5 Å². The number of methoxy groups -OCH3 is 2. The minimum atomic E-state index is 0.0181. The number of hydrogen-bond acceptors (Lipinski definition) is 3. The van der Waals surface area contributed by atoms with E-state index in [1.807, 2.05) is 24.3 Å². The lowest BCUT2D eigenvalue weighted by Gasteiger charge is -2.16. The Balaban J connectivity index is 2.55. The molecule has 3 nitrogen and oxygen atoms in total. The van der Waals surface area contributed by atoms with Crippen molar-refractivity contribution in [2.24, 2.45) is 5.73 Å². The molecule has 0 aliphatic rings. The highest BCUT2D eigenvalue weighted by Crippen LogP contribution is 2.30. The topological polar surface area (TPSA) is 44.5 Å². The predicted octanol–water partition coefficient (Wildman–Crippen LogP) is 3.84. The quantitative estimate of drug-likeness (QED) is 0.544. The predicted molar refractivity (Wildman–Crippen MR) is 79.8 cm³/mol. The number of ether oxygens (including phenoxy) is 2. The Bertz CT molecular complexity index is 390. The van der Waals surface area contributed by atoms with Crippen molar-refractivity contribution in [2.45, 2.75) is 38.1 Å². The fraction of sp³-hybridized carbons (Fsp3) is 0.500. The summed E-state index contributed by atoms with van der Waals surface area (Å²) < 4.78 is 10.6. The summed E-state index contributed by atoms with van der Waals surface area (Å²) in [6, 6.07) is 5.82. The molecule has 3 heteroatoms. The Morgan fingerprint density at radius 3 is 2.63 bits per heavy atom. The Morgan fingerprint density at radius 1 is 1.21 bits per heavy atom. The minimum Gasteiger partial charge on any atom is -0.497 e. The summed E-state index contributed by atoms with van der Waals surface area (Å²) in [7, 11) is 3.31. The van der Waals surface area contributed by atoms with Crippen molar-refractivity contribution < 1.29 is 9.47 Å². The van der Waals surface area contributed by atoms with E-state index in [0.717, 1.165) is 36.3 Å². The van der Waals surface area contributed by atoms with Gasteiger partial charge < -0.3 is 15.2 Å². The van der Waals surface area contributed by atoms with E-state index in [9.17, 15) is 0 Å². The summed E-state index contributed by atoms with van der Waals surface area (Å²) in [6.45, 7) is 3.73. The third-order valence-corrected chi connectivity index (χ3v) is 3.26. The van der Waals surface area contributed by atoms with Crippen molar-refractivity contribution in [3.63, 3.8) is 0 Å². The van der Waals surface area contributed by atoms with E-state index in [-0.39, 0.29) is 6.04 Å². The zero-order valence-corrected chi connectivity index (χ0v) is 12.0. The van der Waals surface area contributed by atoms with Crippen LogP contribution in [0.3, 0.4) is 0 Å². The second-order valence-corrected chi connectivity index (χ2v) is 4.64. The smallest absolute Gasteiger partial charge is 0.127 e. The second kappa shape index (κ2) is 8.59. The normalized spacial score (nSPS) is 11.9. The van der Waals surface area contributed by atoms with Crippen LogP contribution in [0.25, 0.3) is 0 Å². The molecule has 0 fully saturated rings. The van der Waals surface area contributed by atoms with Crippen LogP contribution in [-0.4, -0.2) is 14.2 Å². The van der Waals surface area contributed by atoms with Crippen LogP contribution in [0.2, 0.25) is 0 Å². The van der Waals surface area contributed by atoms with Gasteiger partial charge in [0.15, 0.2) is 0 Å². The molecule has 1 unspecified atom stereocenters. The average Bonchev–Trinajstić information content (AvgIpc) is 2.46. The molecule has 0 heterocycles. The van der Waals surface area contributed by atoms with Gasteiger partial charge in [-0.1, -0.05) is 25.0 Å². The third-order valence-electron chi connectivity index (χ3n) is 3.26. The lowest BCUT2D eigenvalue weighted by atomic mass is 9.99. The first kappa shape index (κ1) is 15.6. The molecule has 0 spiro atoms. The maximum Gasteiger partial charge on any atom is 0.127 e. The number of hydrogen-bond donors (Lipinski definition) is 1. The van der Waals surface area contributed by atoms with Crippen molar-refractivity contribution in [1.29, 1.82) is 0 Å². The van der Waals surface area contributed by atoms with Gasteiger partial charge in [0.05, 0.1) is 14.2 Å².